The van der Waals surface area contributed by atoms with E-state index in [9.17, 15) is 4.79 Å². The van der Waals surface area contributed by atoms with Crippen molar-refractivity contribution in [3.8, 4) is 0 Å². The lowest BCUT2D eigenvalue weighted by Crippen LogP contribution is -2.11. The van der Waals surface area contributed by atoms with Crippen molar-refractivity contribution in [3.63, 3.8) is 0 Å². The lowest BCUT2D eigenvalue weighted by atomic mass is 10.2. The molecule has 0 spiro atoms. The fourth-order valence-corrected chi connectivity index (χ4v) is 0.979. The summed E-state index contributed by atoms with van der Waals surface area (Å²) in [4.78, 5) is 11.3. The van der Waals surface area contributed by atoms with Gasteiger partial charge in [-0.3, -0.25) is 4.79 Å². The summed E-state index contributed by atoms with van der Waals surface area (Å²) in [5, 5.41) is 0. The zero-order valence-corrected chi connectivity index (χ0v) is 9.39. The normalized spacial score (nSPS) is 12.6. The third-order valence-electron chi connectivity index (χ3n) is 1.59. The summed E-state index contributed by atoms with van der Waals surface area (Å²) >= 11 is 3.39. The molecule has 0 aromatic carbocycles. The van der Waals surface area contributed by atoms with Gasteiger partial charge >= 0.3 is 5.97 Å². The Balaban J connectivity index is 3.33. The number of carbonyl (C=O) groups excluding carboxylic acids is 1. The van der Waals surface area contributed by atoms with Gasteiger partial charge in [0.2, 0.25) is 0 Å². The van der Waals surface area contributed by atoms with Gasteiger partial charge < -0.3 is 4.74 Å². The SMILES string of the molecule is CCCCOC(=O)CC(Br)CC. The molecule has 12 heavy (non-hydrogen) atoms. The molecule has 1 unspecified atom stereocenters. The fraction of sp³-hybridized carbons (Fsp3) is 0.889. The summed E-state index contributed by atoms with van der Waals surface area (Å²) in [7, 11) is 0. The molecular weight excluding hydrogens is 220 g/mol. The van der Waals surface area contributed by atoms with Gasteiger partial charge in [-0.2, -0.15) is 0 Å². The maximum absolute atomic E-state index is 11.0. The van der Waals surface area contributed by atoms with E-state index in [1.54, 1.807) is 0 Å². The Bertz CT molecular complexity index is 126. The summed E-state index contributed by atoms with van der Waals surface area (Å²) in [6.45, 7) is 4.69. The molecule has 1 atom stereocenters. The Morgan fingerprint density at radius 2 is 2.17 bits per heavy atom. The Hall–Kier alpha value is -0.0500. The highest BCUT2D eigenvalue weighted by molar-refractivity contribution is 9.09. The molecule has 0 aliphatic carbocycles. The van der Waals surface area contributed by atoms with E-state index < -0.39 is 0 Å². The van der Waals surface area contributed by atoms with Crippen LogP contribution in [-0.4, -0.2) is 17.4 Å². The molecule has 0 bridgehead atoms. The molecule has 0 saturated carbocycles. The van der Waals surface area contributed by atoms with Crippen LogP contribution in [0.1, 0.15) is 39.5 Å². The second-order valence-corrected chi connectivity index (χ2v) is 4.08. The van der Waals surface area contributed by atoms with Crippen LogP contribution in [-0.2, 0) is 9.53 Å². The number of rotatable bonds is 6. The molecule has 72 valence electrons. The maximum Gasteiger partial charge on any atom is 0.306 e. The molecule has 0 heterocycles. The molecule has 0 aliphatic heterocycles. The highest BCUT2D eigenvalue weighted by Crippen LogP contribution is 2.09. The minimum atomic E-state index is -0.0906. The molecule has 0 amide bonds. The summed E-state index contributed by atoms with van der Waals surface area (Å²) in [6.07, 6.45) is 3.48. The third-order valence-corrected chi connectivity index (χ3v) is 2.56. The monoisotopic (exact) mass is 236 g/mol. The van der Waals surface area contributed by atoms with Gasteiger partial charge in [0.15, 0.2) is 0 Å². The Morgan fingerprint density at radius 1 is 1.50 bits per heavy atom. The van der Waals surface area contributed by atoms with Gasteiger partial charge in [-0.15, -0.1) is 0 Å². The largest absolute Gasteiger partial charge is 0.466 e. The molecule has 0 aromatic rings. The first-order valence-electron chi connectivity index (χ1n) is 4.50. The van der Waals surface area contributed by atoms with Crippen LogP contribution in [0.15, 0.2) is 0 Å². The van der Waals surface area contributed by atoms with Crippen molar-refractivity contribution in [1.29, 1.82) is 0 Å². The van der Waals surface area contributed by atoms with Crippen LogP contribution in [0, 0.1) is 0 Å². The number of alkyl halides is 1. The highest BCUT2D eigenvalue weighted by Gasteiger charge is 2.08. The minimum absolute atomic E-state index is 0.0906. The minimum Gasteiger partial charge on any atom is -0.466 e. The van der Waals surface area contributed by atoms with Gasteiger partial charge in [0, 0.05) is 4.83 Å². The molecule has 2 nitrogen and oxygen atoms in total. The van der Waals surface area contributed by atoms with Gasteiger partial charge in [0.25, 0.3) is 0 Å². The first-order chi connectivity index (χ1) is 5.70. The average molecular weight is 237 g/mol. The van der Waals surface area contributed by atoms with E-state index in [0.29, 0.717) is 13.0 Å². The molecule has 3 heteroatoms. The number of ether oxygens (including phenoxy) is 1. The number of unbranched alkanes of at least 4 members (excludes halogenated alkanes) is 1. The fourth-order valence-electron chi connectivity index (χ4n) is 0.714. The smallest absolute Gasteiger partial charge is 0.306 e. The zero-order chi connectivity index (χ0) is 9.40. The molecule has 0 fully saturated rings. The molecular formula is C9H17BrO2. The standard InChI is InChI=1S/C9H17BrO2/c1-3-5-6-12-9(11)7-8(10)4-2/h8H,3-7H2,1-2H3. The lowest BCUT2D eigenvalue weighted by molar-refractivity contribution is -0.143. The van der Waals surface area contributed by atoms with Crippen LogP contribution in [0.2, 0.25) is 0 Å². The van der Waals surface area contributed by atoms with Crippen LogP contribution in [0.4, 0.5) is 0 Å². The summed E-state index contributed by atoms with van der Waals surface area (Å²) in [6, 6.07) is 0. The van der Waals surface area contributed by atoms with E-state index in [-0.39, 0.29) is 10.8 Å². The van der Waals surface area contributed by atoms with Gasteiger partial charge in [-0.05, 0) is 12.8 Å². The lowest BCUT2D eigenvalue weighted by Gasteiger charge is -2.06. The van der Waals surface area contributed by atoms with Crippen LogP contribution in [0.3, 0.4) is 0 Å². The Morgan fingerprint density at radius 3 is 2.67 bits per heavy atom. The van der Waals surface area contributed by atoms with E-state index in [1.807, 2.05) is 6.92 Å². The number of hydrogen-bond donors (Lipinski definition) is 0. The highest BCUT2D eigenvalue weighted by atomic mass is 79.9. The van der Waals surface area contributed by atoms with E-state index in [0.717, 1.165) is 19.3 Å². The first-order valence-corrected chi connectivity index (χ1v) is 5.42. The third kappa shape index (κ3) is 6.65. The predicted octanol–water partition coefficient (Wildman–Crippen LogP) is 2.89. The molecule has 0 rings (SSSR count). The van der Waals surface area contributed by atoms with Crippen molar-refractivity contribution in [2.24, 2.45) is 0 Å². The van der Waals surface area contributed by atoms with Crippen molar-refractivity contribution >= 4 is 21.9 Å². The topological polar surface area (TPSA) is 26.3 Å². The van der Waals surface area contributed by atoms with Crippen LogP contribution < -0.4 is 0 Å². The summed E-state index contributed by atoms with van der Waals surface area (Å²) in [5.74, 6) is -0.0906. The van der Waals surface area contributed by atoms with Crippen molar-refractivity contribution in [3.05, 3.63) is 0 Å². The van der Waals surface area contributed by atoms with Crippen molar-refractivity contribution in [1.82, 2.24) is 0 Å². The quantitative estimate of drug-likeness (QED) is 0.403. The van der Waals surface area contributed by atoms with Crippen molar-refractivity contribution < 1.29 is 9.53 Å². The molecule has 0 aliphatic rings. The molecule has 0 N–H and O–H groups in total. The first kappa shape index (κ1) is 11.9. The maximum atomic E-state index is 11.0. The predicted molar refractivity (Wildman–Crippen MR) is 53.5 cm³/mol. The number of hydrogen-bond acceptors (Lipinski definition) is 2. The Kier molecular flexibility index (Phi) is 7.56. The van der Waals surface area contributed by atoms with Gasteiger partial charge in [0.05, 0.1) is 13.0 Å². The van der Waals surface area contributed by atoms with Gasteiger partial charge in [-0.1, -0.05) is 36.2 Å². The van der Waals surface area contributed by atoms with Crippen LogP contribution in [0.5, 0.6) is 0 Å². The van der Waals surface area contributed by atoms with Crippen molar-refractivity contribution in [2.45, 2.75) is 44.4 Å². The summed E-state index contributed by atoms with van der Waals surface area (Å²) in [5.41, 5.74) is 0. The van der Waals surface area contributed by atoms with E-state index in [1.165, 1.54) is 0 Å². The molecule has 0 aromatic heterocycles. The van der Waals surface area contributed by atoms with Gasteiger partial charge in [-0.25, -0.2) is 0 Å². The average Bonchev–Trinajstić information content (AvgIpc) is 2.05. The summed E-state index contributed by atoms with van der Waals surface area (Å²) < 4.78 is 4.99. The molecule has 0 radical (unpaired) electrons. The molecule has 0 saturated heterocycles. The second kappa shape index (κ2) is 7.59. The van der Waals surface area contributed by atoms with Crippen LogP contribution >= 0.6 is 15.9 Å². The Labute approximate surface area is 82.8 Å². The number of carbonyl (C=O) groups is 1. The van der Waals surface area contributed by atoms with Crippen molar-refractivity contribution in [2.75, 3.05) is 6.61 Å². The second-order valence-electron chi connectivity index (χ2n) is 2.78. The number of halogens is 1. The van der Waals surface area contributed by atoms with E-state index in [4.69, 9.17) is 4.74 Å². The van der Waals surface area contributed by atoms with Crippen LogP contribution in [0.25, 0.3) is 0 Å². The van der Waals surface area contributed by atoms with Gasteiger partial charge in [0.1, 0.15) is 0 Å². The van der Waals surface area contributed by atoms with E-state index in [2.05, 4.69) is 22.9 Å². The number of esters is 1. The zero-order valence-electron chi connectivity index (χ0n) is 7.81. The van der Waals surface area contributed by atoms with E-state index >= 15 is 0 Å².